The summed E-state index contributed by atoms with van der Waals surface area (Å²) in [5.41, 5.74) is 5.54. The molecule has 1 aromatic rings. The summed E-state index contributed by atoms with van der Waals surface area (Å²) in [5.74, 6) is -1.06. The zero-order chi connectivity index (χ0) is 12.3. The minimum absolute atomic E-state index is 0.148. The first kappa shape index (κ1) is 12.8. The molecule has 0 spiro atoms. The van der Waals surface area contributed by atoms with Gasteiger partial charge in [0, 0.05) is 11.5 Å². The van der Waals surface area contributed by atoms with Gasteiger partial charge in [-0.3, -0.25) is 9.78 Å². The number of nitrogens with two attached hydrogens (primary N) is 1. The van der Waals surface area contributed by atoms with E-state index < -0.39 is 18.1 Å². The number of aliphatic carboxylic acids is 1. The largest absolute Gasteiger partial charge is 0.481 e. The van der Waals surface area contributed by atoms with Gasteiger partial charge in [-0.05, 0) is 11.1 Å². The smallest absolute Gasteiger partial charge is 0.307 e. The van der Waals surface area contributed by atoms with E-state index in [1.54, 1.807) is 0 Å². The van der Waals surface area contributed by atoms with Crippen LogP contribution in [0, 0.1) is 0 Å². The average molecular weight is 295 g/mol. The lowest BCUT2D eigenvalue weighted by molar-refractivity contribution is -0.136. The van der Waals surface area contributed by atoms with E-state index in [2.05, 4.69) is 20.9 Å². The van der Waals surface area contributed by atoms with Crippen molar-refractivity contribution in [3.05, 3.63) is 23.0 Å². The van der Waals surface area contributed by atoms with Crippen LogP contribution in [0.2, 0.25) is 0 Å². The van der Waals surface area contributed by atoms with Gasteiger partial charge in [0.15, 0.2) is 0 Å². The average Bonchev–Trinajstić information content (AvgIpc) is 2.16. The summed E-state index contributed by atoms with van der Waals surface area (Å²) < 4.78 is 24.9. The van der Waals surface area contributed by atoms with E-state index in [9.17, 15) is 13.6 Å². The molecule has 7 heteroatoms. The second-order valence-electron chi connectivity index (χ2n) is 3.07. The number of hydrogen-bond donors (Lipinski definition) is 2. The number of carbonyl (C=O) groups is 1. The normalized spacial score (nSPS) is 10.8. The summed E-state index contributed by atoms with van der Waals surface area (Å²) in [4.78, 5) is 14.0. The maximum atomic E-state index is 12.5. The minimum Gasteiger partial charge on any atom is -0.481 e. The van der Waals surface area contributed by atoms with Gasteiger partial charge in [0.1, 0.15) is 5.69 Å². The highest BCUT2D eigenvalue weighted by Gasteiger charge is 2.19. The van der Waals surface area contributed by atoms with Crippen molar-refractivity contribution >= 4 is 27.6 Å². The first-order chi connectivity index (χ1) is 7.47. The fourth-order valence-corrected chi connectivity index (χ4v) is 1.93. The monoisotopic (exact) mass is 294 g/mol. The summed E-state index contributed by atoms with van der Waals surface area (Å²) in [6.45, 7) is 0. The van der Waals surface area contributed by atoms with Crippen molar-refractivity contribution < 1.29 is 18.7 Å². The number of anilines is 1. The standard InChI is InChI=1S/C9H9BrF2N2O2/c10-2-5-4(1-6(15)16)3-14-8(7(5)13)9(11)12/h3,9H,1-2,13H2,(H,15,16). The van der Waals surface area contributed by atoms with Gasteiger partial charge in [0.2, 0.25) is 0 Å². The van der Waals surface area contributed by atoms with Crippen molar-refractivity contribution in [2.24, 2.45) is 0 Å². The SMILES string of the molecule is Nc1c(C(F)F)ncc(CC(=O)O)c1CBr. The van der Waals surface area contributed by atoms with E-state index in [1.807, 2.05) is 0 Å². The molecular weight excluding hydrogens is 286 g/mol. The fourth-order valence-electron chi connectivity index (χ4n) is 1.27. The molecule has 1 rings (SSSR count). The van der Waals surface area contributed by atoms with Crippen LogP contribution >= 0.6 is 15.9 Å². The Bertz CT molecular complexity index is 413. The lowest BCUT2D eigenvalue weighted by atomic mass is 10.1. The molecule has 0 saturated carbocycles. The van der Waals surface area contributed by atoms with Gasteiger partial charge in [-0.1, -0.05) is 15.9 Å². The Kier molecular flexibility index (Phi) is 4.17. The van der Waals surface area contributed by atoms with Crippen LogP contribution in [0.3, 0.4) is 0 Å². The molecule has 4 nitrogen and oxygen atoms in total. The third-order valence-corrected chi connectivity index (χ3v) is 2.59. The molecule has 1 heterocycles. The van der Waals surface area contributed by atoms with Crippen molar-refractivity contribution in [3.8, 4) is 0 Å². The number of hydrogen-bond acceptors (Lipinski definition) is 3. The van der Waals surface area contributed by atoms with Gasteiger partial charge < -0.3 is 10.8 Å². The van der Waals surface area contributed by atoms with Gasteiger partial charge >= 0.3 is 5.97 Å². The van der Waals surface area contributed by atoms with Crippen molar-refractivity contribution in [3.63, 3.8) is 0 Å². The maximum absolute atomic E-state index is 12.5. The second kappa shape index (κ2) is 5.20. The Hall–Kier alpha value is -1.24. The first-order valence-corrected chi connectivity index (χ1v) is 5.41. The van der Waals surface area contributed by atoms with E-state index in [1.165, 1.54) is 0 Å². The van der Waals surface area contributed by atoms with Crippen LogP contribution in [0.5, 0.6) is 0 Å². The minimum atomic E-state index is -2.77. The molecule has 16 heavy (non-hydrogen) atoms. The van der Waals surface area contributed by atoms with Crippen LogP contribution < -0.4 is 5.73 Å². The second-order valence-corrected chi connectivity index (χ2v) is 3.63. The van der Waals surface area contributed by atoms with E-state index >= 15 is 0 Å². The predicted molar refractivity (Wildman–Crippen MR) is 57.6 cm³/mol. The number of rotatable bonds is 4. The van der Waals surface area contributed by atoms with Crippen LogP contribution in [0.25, 0.3) is 0 Å². The van der Waals surface area contributed by atoms with Crippen LogP contribution in [0.15, 0.2) is 6.20 Å². The molecular formula is C9H9BrF2N2O2. The zero-order valence-corrected chi connectivity index (χ0v) is 9.67. The molecule has 0 bridgehead atoms. The lowest BCUT2D eigenvalue weighted by Gasteiger charge is -2.11. The summed E-state index contributed by atoms with van der Waals surface area (Å²) in [5, 5.41) is 8.84. The Balaban J connectivity index is 3.23. The number of nitrogens with zero attached hydrogens (tertiary/aromatic N) is 1. The van der Waals surface area contributed by atoms with Crippen molar-refractivity contribution in [1.29, 1.82) is 0 Å². The molecule has 0 radical (unpaired) electrons. The van der Waals surface area contributed by atoms with Gasteiger partial charge in [0.25, 0.3) is 6.43 Å². The topological polar surface area (TPSA) is 76.2 Å². The third kappa shape index (κ3) is 2.66. The number of alkyl halides is 3. The molecule has 3 N–H and O–H groups in total. The predicted octanol–water partition coefficient (Wildman–Crippen LogP) is 2.12. The van der Waals surface area contributed by atoms with Gasteiger partial charge in [-0.25, -0.2) is 8.78 Å². The number of halogens is 3. The maximum Gasteiger partial charge on any atom is 0.307 e. The number of pyridine rings is 1. The number of carboxylic acids is 1. The molecule has 0 unspecified atom stereocenters. The molecule has 0 amide bonds. The van der Waals surface area contributed by atoms with Crippen LogP contribution in [0.4, 0.5) is 14.5 Å². The Morgan fingerprint density at radius 2 is 2.25 bits per heavy atom. The number of carboxylic acid groups (broad SMARTS) is 1. The first-order valence-electron chi connectivity index (χ1n) is 4.29. The summed E-state index contributed by atoms with van der Waals surface area (Å²) in [6, 6.07) is 0. The number of aromatic nitrogens is 1. The van der Waals surface area contributed by atoms with Crippen LogP contribution in [-0.2, 0) is 16.5 Å². The van der Waals surface area contributed by atoms with Gasteiger partial charge in [0.05, 0.1) is 12.1 Å². The molecule has 0 saturated heterocycles. The third-order valence-electron chi connectivity index (χ3n) is 2.03. The highest BCUT2D eigenvalue weighted by atomic mass is 79.9. The van der Waals surface area contributed by atoms with Crippen molar-refractivity contribution in [2.75, 3.05) is 5.73 Å². The molecule has 88 valence electrons. The van der Waals surface area contributed by atoms with Gasteiger partial charge in [-0.15, -0.1) is 0 Å². The summed E-state index contributed by atoms with van der Waals surface area (Å²) in [6.07, 6.45) is -1.93. The highest BCUT2D eigenvalue weighted by Crippen LogP contribution is 2.29. The molecule has 0 aromatic carbocycles. The van der Waals surface area contributed by atoms with Crippen LogP contribution in [0.1, 0.15) is 23.2 Å². The quantitative estimate of drug-likeness (QED) is 0.834. The summed E-state index contributed by atoms with van der Waals surface area (Å²) in [7, 11) is 0. The molecule has 1 aromatic heterocycles. The number of nitrogen functional groups attached to an aromatic ring is 1. The Morgan fingerprint density at radius 3 is 2.69 bits per heavy atom. The highest BCUT2D eigenvalue weighted by molar-refractivity contribution is 9.08. The lowest BCUT2D eigenvalue weighted by Crippen LogP contribution is -2.09. The molecule has 0 aliphatic rings. The van der Waals surface area contributed by atoms with E-state index in [0.29, 0.717) is 11.1 Å². The van der Waals surface area contributed by atoms with Crippen LogP contribution in [-0.4, -0.2) is 16.1 Å². The van der Waals surface area contributed by atoms with Gasteiger partial charge in [-0.2, -0.15) is 0 Å². The zero-order valence-electron chi connectivity index (χ0n) is 8.08. The van der Waals surface area contributed by atoms with E-state index in [-0.39, 0.29) is 17.4 Å². The van der Waals surface area contributed by atoms with E-state index in [4.69, 9.17) is 10.8 Å². The molecule has 0 atom stereocenters. The fraction of sp³-hybridized carbons (Fsp3) is 0.333. The van der Waals surface area contributed by atoms with E-state index in [0.717, 1.165) is 6.20 Å². The Labute approximate surface area is 98.6 Å². The summed E-state index contributed by atoms with van der Waals surface area (Å²) >= 11 is 3.09. The Morgan fingerprint density at radius 1 is 1.62 bits per heavy atom. The van der Waals surface area contributed by atoms with Crippen molar-refractivity contribution in [1.82, 2.24) is 4.98 Å². The van der Waals surface area contributed by atoms with Crippen molar-refractivity contribution in [2.45, 2.75) is 18.2 Å². The molecule has 0 aliphatic heterocycles. The molecule has 0 fully saturated rings. The molecule has 0 aliphatic carbocycles.